The highest BCUT2D eigenvalue weighted by molar-refractivity contribution is 5.76. The molecule has 1 N–H and O–H groups in total. The van der Waals surface area contributed by atoms with Crippen LogP contribution in [-0.2, 0) is 4.79 Å². The number of anilines is 2. The molecule has 1 amide bonds. The monoisotopic (exact) mass is 442 g/mol. The SMILES string of the molecule is CCCNc1cc(N2CCC[C@H](CCC(=O)N3CCN(C4CCCCC4)CC3)C2)ncn1. The Morgan fingerprint density at radius 3 is 2.62 bits per heavy atom. The van der Waals surface area contributed by atoms with Crippen LogP contribution in [0, 0.1) is 5.92 Å². The maximum atomic E-state index is 12.9. The quantitative estimate of drug-likeness (QED) is 0.661. The van der Waals surface area contributed by atoms with Gasteiger partial charge in [-0.05, 0) is 44.4 Å². The number of aromatic nitrogens is 2. The summed E-state index contributed by atoms with van der Waals surface area (Å²) < 4.78 is 0. The first-order valence-electron chi connectivity index (χ1n) is 13.1. The Hall–Kier alpha value is -1.89. The second kappa shape index (κ2) is 11.8. The molecule has 1 atom stereocenters. The zero-order valence-electron chi connectivity index (χ0n) is 20.0. The van der Waals surface area contributed by atoms with Gasteiger partial charge < -0.3 is 15.1 Å². The molecular formula is C25H42N6O. The fourth-order valence-corrected chi connectivity index (χ4v) is 5.65. The van der Waals surface area contributed by atoms with Gasteiger partial charge in [0.1, 0.15) is 18.0 Å². The Morgan fingerprint density at radius 1 is 1.03 bits per heavy atom. The van der Waals surface area contributed by atoms with Crippen LogP contribution in [0.25, 0.3) is 0 Å². The number of amides is 1. The molecule has 3 fully saturated rings. The molecule has 1 aliphatic carbocycles. The van der Waals surface area contributed by atoms with Crippen LogP contribution in [0.2, 0.25) is 0 Å². The molecular weight excluding hydrogens is 400 g/mol. The third-order valence-corrected chi connectivity index (χ3v) is 7.58. The van der Waals surface area contributed by atoms with Crippen LogP contribution < -0.4 is 10.2 Å². The van der Waals surface area contributed by atoms with E-state index in [4.69, 9.17) is 0 Å². The second-order valence-electron chi connectivity index (χ2n) is 9.89. The van der Waals surface area contributed by atoms with Crippen molar-refractivity contribution >= 4 is 17.5 Å². The maximum Gasteiger partial charge on any atom is 0.222 e. The molecule has 0 aromatic carbocycles. The number of carbonyl (C=O) groups excluding carboxylic acids is 1. The van der Waals surface area contributed by atoms with Crippen molar-refractivity contribution in [1.29, 1.82) is 0 Å². The number of nitrogens with zero attached hydrogens (tertiary/aromatic N) is 5. The molecule has 0 bridgehead atoms. The van der Waals surface area contributed by atoms with Crippen molar-refractivity contribution < 1.29 is 4.79 Å². The van der Waals surface area contributed by atoms with E-state index < -0.39 is 0 Å². The normalized spacial score (nSPS) is 23.3. The van der Waals surface area contributed by atoms with Crippen LogP contribution in [0.5, 0.6) is 0 Å². The van der Waals surface area contributed by atoms with Crippen molar-refractivity contribution in [2.75, 3.05) is 56.0 Å². The fraction of sp³-hybridized carbons (Fsp3) is 0.800. The zero-order valence-corrected chi connectivity index (χ0v) is 20.0. The summed E-state index contributed by atoms with van der Waals surface area (Å²) in [5, 5.41) is 3.35. The van der Waals surface area contributed by atoms with Crippen molar-refractivity contribution in [1.82, 2.24) is 19.8 Å². The summed E-state index contributed by atoms with van der Waals surface area (Å²) in [6.07, 6.45) is 13.7. The largest absolute Gasteiger partial charge is 0.370 e. The fourth-order valence-electron chi connectivity index (χ4n) is 5.65. The molecule has 4 rings (SSSR count). The number of rotatable bonds is 8. The Bertz CT molecular complexity index is 714. The third-order valence-electron chi connectivity index (χ3n) is 7.58. The number of piperazine rings is 1. The molecule has 2 aliphatic heterocycles. The van der Waals surface area contributed by atoms with E-state index >= 15 is 0 Å². The van der Waals surface area contributed by atoms with E-state index in [1.807, 2.05) is 0 Å². The van der Waals surface area contributed by atoms with E-state index in [0.717, 1.165) is 76.3 Å². The molecule has 0 spiro atoms. The first-order chi connectivity index (χ1) is 15.7. The van der Waals surface area contributed by atoms with E-state index in [9.17, 15) is 4.79 Å². The van der Waals surface area contributed by atoms with Crippen LogP contribution in [0.15, 0.2) is 12.4 Å². The van der Waals surface area contributed by atoms with Gasteiger partial charge in [0.05, 0.1) is 0 Å². The predicted molar refractivity (Wildman–Crippen MR) is 130 cm³/mol. The van der Waals surface area contributed by atoms with Gasteiger partial charge >= 0.3 is 0 Å². The first-order valence-corrected chi connectivity index (χ1v) is 13.1. The number of piperidine rings is 1. The number of hydrogen-bond acceptors (Lipinski definition) is 6. The molecule has 7 nitrogen and oxygen atoms in total. The molecule has 0 radical (unpaired) electrons. The van der Waals surface area contributed by atoms with Crippen molar-refractivity contribution in [2.24, 2.45) is 5.92 Å². The molecule has 1 aromatic heterocycles. The summed E-state index contributed by atoms with van der Waals surface area (Å²) in [4.78, 5) is 28.9. The Morgan fingerprint density at radius 2 is 1.84 bits per heavy atom. The van der Waals surface area contributed by atoms with E-state index in [0.29, 0.717) is 18.2 Å². The highest BCUT2D eigenvalue weighted by atomic mass is 16.2. The molecule has 3 heterocycles. The number of carbonyl (C=O) groups is 1. The maximum absolute atomic E-state index is 12.9. The van der Waals surface area contributed by atoms with Gasteiger partial charge in [-0.1, -0.05) is 26.2 Å². The van der Waals surface area contributed by atoms with Gasteiger partial charge in [0, 0.05) is 64.3 Å². The lowest BCUT2D eigenvalue weighted by atomic mass is 9.92. The van der Waals surface area contributed by atoms with Gasteiger partial charge in [0.15, 0.2) is 0 Å². The summed E-state index contributed by atoms with van der Waals surface area (Å²) in [6, 6.07) is 2.84. The van der Waals surface area contributed by atoms with Gasteiger partial charge in [-0.25, -0.2) is 9.97 Å². The van der Waals surface area contributed by atoms with Gasteiger partial charge in [-0.2, -0.15) is 0 Å². The third kappa shape index (κ3) is 6.33. The van der Waals surface area contributed by atoms with E-state index in [1.54, 1.807) is 6.33 Å². The Balaban J connectivity index is 1.20. The van der Waals surface area contributed by atoms with E-state index in [-0.39, 0.29) is 0 Å². The van der Waals surface area contributed by atoms with Crippen molar-refractivity contribution in [3.63, 3.8) is 0 Å². The van der Waals surface area contributed by atoms with Crippen molar-refractivity contribution in [3.8, 4) is 0 Å². The molecule has 178 valence electrons. The minimum absolute atomic E-state index is 0.360. The van der Waals surface area contributed by atoms with E-state index in [2.05, 4.69) is 43.0 Å². The number of hydrogen-bond donors (Lipinski definition) is 1. The molecule has 1 aromatic rings. The van der Waals surface area contributed by atoms with Gasteiger partial charge in [0.25, 0.3) is 0 Å². The lowest BCUT2D eigenvalue weighted by Crippen LogP contribution is -2.52. The molecule has 3 aliphatic rings. The topological polar surface area (TPSA) is 64.6 Å². The van der Waals surface area contributed by atoms with Crippen LogP contribution in [-0.4, -0.2) is 77.5 Å². The highest BCUT2D eigenvalue weighted by Gasteiger charge is 2.28. The summed E-state index contributed by atoms with van der Waals surface area (Å²) in [5.41, 5.74) is 0. The minimum Gasteiger partial charge on any atom is -0.370 e. The van der Waals surface area contributed by atoms with Gasteiger partial charge in [-0.3, -0.25) is 9.69 Å². The lowest BCUT2D eigenvalue weighted by molar-refractivity contribution is -0.133. The highest BCUT2D eigenvalue weighted by Crippen LogP contribution is 2.27. The van der Waals surface area contributed by atoms with Crippen LogP contribution in [0.3, 0.4) is 0 Å². The van der Waals surface area contributed by atoms with Gasteiger partial charge in [0.2, 0.25) is 5.91 Å². The average Bonchev–Trinajstić information content (AvgIpc) is 2.87. The molecule has 0 unspecified atom stereocenters. The summed E-state index contributed by atoms with van der Waals surface area (Å²) in [6.45, 7) is 9.08. The number of nitrogens with one attached hydrogen (secondary N) is 1. The van der Waals surface area contributed by atoms with Crippen LogP contribution in [0.1, 0.15) is 71.1 Å². The van der Waals surface area contributed by atoms with Crippen LogP contribution in [0.4, 0.5) is 11.6 Å². The zero-order chi connectivity index (χ0) is 22.2. The molecule has 1 saturated carbocycles. The average molecular weight is 443 g/mol. The summed E-state index contributed by atoms with van der Waals surface area (Å²) in [5.74, 6) is 2.84. The Labute approximate surface area is 194 Å². The van der Waals surface area contributed by atoms with Crippen molar-refractivity contribution in [3.05, 3.63) is 12.4 Å². The van der Waals surface area contributed by atoms with Crippen LogP contribution >= 0.6 is 0 Å². The van der Waals surface area contributed by atoms with Crippen molar-refractivity contribution in [2.45, 2.75) is 77.2 Å². The standard InChI is InChI=1S/C25H42N6O/c1-2-12-26-23-18-24(28-20-27-23)31-13-6-7-21(19-31)10-11-25(32)30-16-14-29(15-17-30)22-8-4-3-5-9-22/h18,20-22H,2-17,19H2,1H3,(H,26,27,28)/t21-/m1/s1. The summed E-state index contributed by atoms with van der Waals surface area (Å²) in [7, 11) is 0. The Kier molecular flexibility index (Phi) is 8.60. The predicted octanol–water partition coefficient (Wildman–Crippen LogP) is 3.77. The second-order valence-corrected chi connectivity index (χ2v) is 9.89. The van der Waals surface area contributed by atoms with E-state index in [1.165, 1.54) is 44.9 Å². The molecule has 32 heavy (non-hydrogen) atoms. The lowest BCUT2D eigenvalue weighted by Gasteiger charge is -2.41. The smallest absolute Gasteiger partial charge is 0.222 e. The minimum atomic E-state index is 0.360. The summed E-state index contributed by atoms with van der Waals surface area (Å²) >= 11 is 0. The molecule has 7 heteroatoms. The van der Waals surface area contributed by atoms with Gasteiger partial charge in [-0.15, -0.1) is 0 Å². The first kappa shape index (κ1) is 23.3. The molecule has 2 saturated heterocycles.